The van der Waals surface area contributed by atoms with Crippen LogP contribution in [-0.4, -0.2) is 6.85 Å². The fraction of sp³-hybridized carbons (Fsp3) is 0.143. The molecule has 0 amide bonds. The molecule has 0 aromatic heterocycles. The van der Waals surface area contributed by atoms with Crippen LogP contribution in [0, 0.1) is 0 Å². The van der Waals surface area contributed by atoms with Gasteiger partial charge in [-0.15, -0.1) is 0 Å². The van der Waals surface area contributed by atoms with Crippen molar-refractivity contribution in [3.05, 3.63) is 95.2 Å². The van der Waals surface area contributed by atoms with Gasteiger partial charge < -0.3 is 10.5 Å². The maximum atomic E-state index is 4.02. The number of hydrogen-bond donors (Lipinski definition) is 2. The molecule has 0 fully saturated rings. The lowest BCUT2D eigenvalue weighted by molar-refractivity contribution is 1.01. The highest BCUT2D eigenvalue weighted by Gasteiger charge is 2.38. The second-order valence-electron chi connectivity index (χ2n) is 5.83. The Morgan fingerprint density at radius 2 is 1.88 bits per heavy atom. The van der Waals surface area contributed by atoms with Crippen LogP contribution in [0.15, 0.2) is 89.6 Å². The van der Waals surface area contributed by atoms with Crippen molar-refractivity contribution >= 4 is 18.1 Å². The minimum Gasteiger partial charge on any atom is -0.420 e. The lowest BCUT2D eigenvalue weighted by Gasteiger charge is -2.37. The smallest absolute Gasteiger partial charge is 0.325 e. The van der Waals surface area contributed by atoms with Gasteiger partial charge in [-0.25, -0.2) is 0 Å². The van der Waals surface area contributed by atoms with Crippen LogP contribution in [0.5, 0.6) is 0 Å². The summed E-state index contributed by atoms with van der Waals surface area (Å²) in [5, 5.41) is 7.27. The molecular weight excluding hydrogens is 291 g/mol. The van der Waals surface area contributed by atoms with Crippen molar-refractivity contribution in [2.75, 3.05) is 5.23 Å². The van der Waals surface area contributed by atoms with Gasteiger partial charge in [0.25, 0.3) is 0 Å². The van der Waals surface area contributed by atoms with Crippen molar-refractivity contribution in [3.63, 3.8) is 0 Å². The lowest BCUT2D eigenvalue weighted by Crippen LogP contribution is -2.43. The van der Waals surface area contributed by atoms with Crippen molar-refractivity contribution in [1.29, 1.82) is 0 Å². The van der Waals surface area contributed by atoms with E-state index in [-0.39, 0.29) is 6.85 Å². The molecule has 0 radical (unpaired) electrons. The van der Waals surface area contributed by atoms with E-state index in [4.69, 9.17) is 0 Å². The quantitative estimate of drug-likeness (QED) is 0.748. The Labute approximate surface area is 145 Å². The Morgan fingerprint density at radius 1 is 1.08 bits per heavy atom. The largest absolute Gasteiger partial charge is 0.420 e. The molecule has 0 aliphatic carbocycles. The highest BCUT2D eigenvalue weighted by Crippen LogP contribution is 2.42. The van der Waals surface area contributed by atoms with Gasteiger partial charge in [0.05, 0.1) is 0 Å². The predicted octanol–water partition coefficient (Wildman–Crippen LogP) is 5.03. The molecule has 1 aromatic rings. The zero-order chi connectivity index (χ0) is 17.1. The third kappa shape index (κ3) is 2.56. The molecule has 0 unspecified atom stereocenters. The summed E-state index contributed by atoms with van der Waals surface area (Å²) < 4.78 is 0. The summed E-state index contributed by atoms with van der Waals surface area (Å²) in [5.41, 5.74) is 8.36. The van der Waals surface area contributed by atoms with Gasteiger partial charge >= 0.3 is 6.85 Å². The number of rotatable bonds is 2. The number of para-hydroxylation sites is 1. The molecule has 2 nitrogen and oxygen atoms in total. The molecule has 0 atom stereocenters. The minimum absolute atomic E-state index is 0.114. The average molecular weight is 314 g/mol. The Kier molecular flexibility index (Phi) is 4.61. The minimum atomic E-state index is 0.114. The second kappa shape index (κ2) is 6.83. The molecule has 2 aliphatic heterocycles. The van der Waals surface area contributed by atoms with Crippen LogP contribution in [0.2, 0.25) is 0 Å². The predicted molar refractivity (Wildman–Crippen MR) is 106 cm³/mol. The molecule has 0 saturated heterocycles. The first-order valence-corrected chi connectivity index (χ1v) is 8.41. The number of benzene rings is 1. The van der Waals surface area contributed by atoms with Crippen LogP contribution in [0.1, 0.15) is 26.3 Å². The maximum Gasteiger partial charge on any atom is 0.325 e. The van der Waals surface area contributed by atoms with E-state index in [1.807, 2.05) is 13.0 Å². The number of fused-ring (bicyclic) bond motifs is 2. The SMILES string of the molecule is C=CC1=C2B(Nc3ccccc3/C2=C/C)C(=C/C=C\C)/C(=C\C)N1. The fourth-order valence-corrected chi connectivity index (χ4v) is 3.44. The van der Waals surface area contributed by atoms with Gasteiger partial charge in [-0.3, -0.25) is 0 Å². The normalized spacial score (nSPS) is 21.8. The van der Waals surface area contributed by atoms with E-state index in [1.165, 1.54) is 27.8 Å². The molecule has 3 rings (SSSR count). The van der Waals surface area contributed by atoms with E-state index in [2.05, 4.69) is 85.6 Å². The van der Waals surface area contributed by atoms with E-state index < -0.39 is 0 Å². The molecule has 2 aliphatic rings. The Balaban J connectivity index is 2.28. The van der Waals surface area contributed by atoms with Crippen LogP contribution in [-0.2, 0) is 0 Å². The van der Waals surface area contributed by atoms with Gasteiger partial charge in [-0.05, 0) is 49.4 Å². The van der Waals surface area contributed by atoms with E-state index in [0.29, 0.717) is 0 Å². The van der Waals surface area contributed by atoms with Crippen LogP contribution < -0.4 is 10.5 Å². The van der Waals surface area contributed by atoms with Crippen molar-refractivity contribution in [3.8, 4) is 0 Å². The van der Waals surface area contributed by atoms with Gasteiger partial charge in [-0.2, -0.15) is 0 Å². The van der Waals surface area contributed by atoms with Gasteiger partial charge in [0.15, 0.2) is 0 Å². The van der Waals surface area contributed by atoms with Crippen LogP contribution in [0.4, 0.5) is 5.69 Å². The van der Waals surface area contributed by atoms with Gasteiger partial charge in [-0.1, -0.05) is 55.2 Å². The summed E-state index contributed by atoms with van der Waals surface area (Å²) in [6.45, 7) is 10.3. The summed E-state index contributed by atoms with van der Waals surface area (Å²) in [4.78, 5) is 0. The fourth-order valence-electron chi connectivity index (χ4n) is 3.44. The van der Waals surface area contributed by atoms with E-state index >= 15 is 0 Å². The monoisotopic (exact) mass is 314 g/mol. The zero-order valence-corrected chi connectivity index (χ0v) is 14.6. The molecule has 0 bridgehead atoms. The van der Waals surface area contributed by atoms with Crippen LogP contribution >= 0.6 is 0 Å². The van der Waals surface area contributed by atoms with Crippen molar-refractivity contribution in [2.45, 2.75) is 20.8 Å². The van der Waals surface area contributed by atoms with E-state index in [1.54, 1.807) is 0 Å². The van der Waals surface area contributed by atoms with Gasteiger partial charge in [0.2, 0.25) is 0 Å². The van der Waals surface area contributed by atoms with E-state index in [0.717, 1.165) is 11.4 Å². The molecule has 1 aromatic carbocycles. The molecular formula is C21H23BN2. The average Bonchev–Trinajstić information content (AvgIpc) is 2.63. The summed E-state index contributed by atoms with van der Waals surface area (Å²) in [6.07, 6.45) is 12.6. The van der Waals surface area contributed by atoms with Crippen molar-refractivity contribution < 1.29 is 0 Å². The van der Waals surface area contributed by atoms with Crippen LogP contribution in [0.3, 0.4) is 0 Å². The van der Waals surface area contributed by atoms with E-state index in [9.17, 15) is 0 Å². The Morgan fingerprint density at radius 3 is 2.54 bits per heavy atom. The Hall–Kier alpha value is -2.68. The molecule has 0 spiro atoms. The Bertz CT molecular complexity index is 822. The first-order chi connectivity index (χ1) is 11.7. The third-order valence-electron chi connectivity index (χ3n) is 4.53. The molecule has 120 valence electrons. The summed E-state index contributed by atoms with van der Waals surface area (Å²) in [7, 11) is 0. The molecule has 24 heavy (non-hydrogen) atoms. The highest BCUT2D eigenvalue weighted by atomic mass is 14.9. The van der Waals surface area contributed by atoms with Crippen LogP contribution in [0.25, 0.3) is 5.57 Å². The van der Waals surface area contributed by atoms with Crippen molar-refractivity contribution in [2.24, 2.45) is 0 Å². The van der Waals surface area contributed by atoms with Crippen molar-refractivity contribution in [1.82, 2.24) is 5.32 Å². The number of anilines is 1. The third-order valence-corrected chi connectivity index (χ3v) is 4.53. The lowest BCUT2D eigenvalue weighted by atomic mass is 9.43. The molecule has 2 heterocycles. The molecule has 2 N–H and O–H groups in total. The standard InChI is InChI=1S/C21H23BN2/c1-5-9-13-17-18(7-3)23-19(8-4)21-15(6-2)16-12-10-11-14-20(16)24-22(17)21/h5-14,23-24H,4H2,1-3H3/b9-5-,15-6-,17-13+,18-7+. The summed E-state index contributed by atoms with van der Waals surface area (Å²) in [5.74, 6) is 0. The first-order valence-electron chi connectivity index (χ1n) is 8.41. The first kappa shape index (κ1) is 16.2. The second-order valence-corrected chi connectivity index (χ2v) is 5.83. The number of hydrogen-bond acceptors (Lipinski definition) is 2. The number of nitrogens with one attached hydrogen (secondary N) is 2. The summed E-state index contributed by atoms with van der Waals surface area (Å²) in [6, 6.07) is 8.48. The highest BCUT2D eigenvalue weighted by molar-refractivity contribution is 6.81. The zero-order valence-electron chi connectivity index (χ0n) is 14.6. The molecule has 3 heteroatoms. The maximum absolute atomic E-state index is 4.02. The van der Waals surface area contributed by atoms with Gasteiger partial charge in [0, 0.05) is 22.6 Å². The number of allylic oxidation sites excluding steroid dienone is 9. The van der Waals surface area contributed by atoms with Gasteiger partial charge in [0.1, 0.15) is 0 Å². The molecule has 0 saturated carbocycles. The topological polar surface area (TPSA) is 24.1 Å². The summed E-state index contributed by atoms with van der Waals surface area (Å²) >= 11 is 0.